The lowest BCUT2D eigenvalue weighted by Gasteiger charge is -2.30. The summed E-state index contributed by atoms with van der Waals surface area (Å²) in [5, 5.41) is 3.33. The smallest absolute Gasteiger partial charge is 0.325 e. The lowest BCUT2D eigenvalue weighted by atomic mass is 9.95. The first-order valence-electron chi connectivity index (χ1n) is 7.43. The minimum atomic E-state index is -0.602. The number of carbonyl (C=O) groups excluding carboxylic acids is 1. The minimum absolute atomic E-state index is 0.183. The Kier molecular flexibility index (Phi) is 7.26. The average Bonchev–Trinajstić information content (AvgIpc) is 2.43. The highest BCUT2D eigenvalue weighted by Crippen LogP contribution is 2.25. The standard InChI is InChI=1S/C17H27NO2S/c1-13(2)18-17(4,16(19)20-5)11-8-12-21-15-10-7-6-9-14(15)3/h6-7,9-10,13,18H,8,11-12H2,1-5H3. The number of nitrogens with one attached hydrogen (secondary N) is 1. The number of esters is 1. The van der Waals surface area contributed by atoms with Crippen molar-refractivity contribution < 1.29 is 9.53 Å². The second-order valence-electron chi connectivity index (χ2n) is 5.84. The van der Waals surface area contributed by atoms with Crippen molar-refractivity contribution in [2.45, 2.75) is 57.0 Å². The molecule has 1 aromatic carbocycles. The molecule has 0 aliphatic carbocycles. The molecule has 0 aliphatic heterocycles. The summed E-state index contributed by atoms with van der Waals surface area (Å²) in [6, 6.07) is 8.64. The van der Waals surface area contributed by atoms with Crippen LogP contribution in [0.3, 0.4) is 0 Å². The van der Waals surface area contributed by atoms with E-state index in [1.54, 1.807) is 0 Å². The largest absolute Gasteiger partial charge is 0.468 e. The van der Waals surface area contributed by atoms with E-state index in [1.165, 1.54) is 17.6 Å². The molecule has 0 fully saturated rings. The first-order chi connectivity index (χ1) is 9.89. The van der Waals surface area contributed by atoms with Gasteiger partial charge in [-0.05, 0) is 57.9 Å². The molecule has 21 heavy (non-hydrogen) atoms. The fourth-order valence-electron chi connectivity index (χ4n) is 2.42. The van der Waals surface area contributed by atoms with Gasteiger partial charge in [-0.1, -0.05) is 18.2 Å². The average molecular weight is 309 g/mol. The van der Waals surface area contributed by atoms with Crippen molar-refractivity contribution in [2.75, 3.05) is 12.9 Å². The molecule has 0 saturated carbocycles. The van der Waals surface area contributed by atoms with Gasteiger partial charge in [0.15, 0.2) is 0 Å². The van der Waals surface area contributed by atoms with E-state index in [4.69, 9.17) is 4.74 Å². The summed E-state index contributed by atoms with van der Waals surface area (Å²) in [4.78, 5) is 13.3. The van der Waals surface area contributed by atoms with Gasteiger partial charge in [-0.2, -0.15) is 0 Å². The van der Waals surface area contributed by atoms with Crippen LogP contribution in [0.25, 0.3) is 0 Å². The van der Waals surface area contributed by atoms with E-state index < -0.39 is 5.54 Å². The molecule has 0 amide bonds. The molecule has 3 nitrogen and oxygen atoms in total. The molecular formula is C17H27NO2S. The zero-order valence-electron chi connectivity index (χ0n) is 13.7. The van der Waals surface area contributed by atoms with E-state index in [9.17, 15) is 4.79 Å². The maximum Gasteiger partial charge on any atom is 0.325 e. The van der Waals surface area contributed by atoms with Crippen LogP contribution in [0.1, 0.15) is 39.2 Å². The van der Waals surface area contributed by atoms with Gasteiger partial charge < -0.3 is 4.74 Å². The van der Waals surface area contributed by atoms with Crippen molar-refractivity contribution in [3.05, 3.63) is 29.8 Å². The van der Waals surface area contributed by atoms with Gasteiger partial charge in [0.25, 0.3) is 0 Å². The number of carbonyl (C=O) groups is 1. The number of thioether (sulfide) groups is 1. The third-order valence-electron chi connectivity index (χ3n) is 3.42. The van der Waals surface area contributed by atoms with E-state index in [2.05, 4.69) is 36.5 Å². The number of rotatable bonds is 8. The first-order valence-corrected chi connectivity index (χ1v) is 8.42. The molecule has 4 heteroatoms. The van der Waals surface area contributed by atoms with Gasteiger partial charge >= 0.3 is 5.97 Å². The van der Waals surface area contributed by atoms with Crippen molar-refractivity contribution in [1.29, 1.82) is 0 Å². The van der Waals surface area contributed by atoms with Crippen LogP contribution in [0.4, 0.5) is 0 Å². The summed E-state index contributed by atoms with van der Waals surface area (Å²) in [7, 11) is 1.45. The number of aryl methyl sites for hydroxylation is 1. The second kappa shape index (κ2) is 8.44. The molecule has 0 aromatic heterocycles. The Labute approximate surface area is 132 Å². The highest BCUT2D eigenvalue weighted by molar-refractivity contribution is 7.99. The number of hydrogen-bond acceptors (Lipinski definition) is 4. The fraction of sp³-hybridized carbons (Fsp3) is 0.588. The molecule has 1 aromatic rings. The van der Waals surface area contributed by atoms with Crippen LogP contribution in [0.2, 0.25) is 0 Å². The lowest BCUT2D eigenvalue weighted by molar-refractivity contribution is -0.148. The molecule has 0 radical (unpaired) electrons. The Morgan fingerprint density at radius 3 is 2.62 bits per heavy atom. The fourth-order valence-corrected chi connectivity index (χ4v) is 3.40. The van der Waals surface area contributed by atoms with E-state index in [-0.39, 0.29) is 12.0 Å². The molecule has 0 heterocycles. The Bertz CT molecular complexity index is 462. The molecular weight excluding hydrogens is 282 g/mol. The minimum Gasteiger partial charge on any atom is -0.468 e. The van der Waals surface area contributed by atoms with Crippen molar-refractivity contribution in [3.8, 4) is 0 Å². The summed E-state index contributed by atoms with van der Waals surface area (Å²) in [6.45, 7) is 8.14. The van der Waals surface area contributed by atoms with E-state index in [0.717, 1.165) is 18.6 Å². The maximum atomic E-state index is 12.0. The van der Waals surface area contributed by atoms with Gasteiger partial charge in [0, 0.05) is 10.9 Å². The molecule has 0 bridgehead atoms. The van der Waals surface area contributed by atoms with Crippen LogP contribution in [0, 0.1) is 6.92 Å². The number of benzene rings is 1. The zero-order valence-corrected chi connectivity index (χ0v) is 14.5. The van der Waals surface area contributed by atoms with Crippen LogP contribution < -0.4 is 5.32 Å². The monoisotopic (exact) mass is 309 g/mol. The van der Waals surface area contributed by atoms with E-state index in [1.807, 2.05) is 32.5 Å². The quantitative estimate of drug-likeness (QED) is 0.450. The van der Waals surface area contributed by atoms with Crippen molar-refractivity contribution in [1.82, 2.24) is 5.32 Å². The summed E-state index contributed by atoms with van der Waals surface area (Å²) in [5.41, 5.74) is 0.702. The molecule has 1 rings (SSSR count). The lowest BCUT2D eigenvalue weighted by Crippen LogP contribution is -2.53. The third-order valence-corrected chi connectivity index (χ3v) is 4.68. The third kappa shape index (κ3) is 5.71. The van der Waals surface area contributed by atoms with Crippen LogP contribution in [-0.2, 0) is 9.53 Å². The molecule has 0 saturated heterocycles. The predicted molar refractivity (Wildman–Crippen MR) is 89.8 cm³/mol. The topological polar surface area (TPSA) is 38.3 Å². The maximum absolute atomic E-state index is 12.0. The van der Waals surface area contributed by atoms with Gasteiger partial charge in [-0.25, -0.2) is 0 Å². The number of hydrogen-bond donors (Lipinski definition) is 1. The van der Waals surface area contributed by atoms with Crippen molar-refractivity contribution in [2.24, 2.45) is 0 Å². The summed E-state index contributed by atoms with van der Waals surface area (Å²) in [5.74, 6) is 0.814. The molecule has 0 spiro atoms. The molecule has 1 N–H and O–H groups in total. The van der Waals surface area contributed by atoms with Crippen LogP contribution >= 0.6 is 11.8 Å². The highest BCUT2D eigenvalue weighted by Gasteiger charge is 2.33. The van der Waals surface area contributed by atoms with E-state index in [0.29, 0.717) is 0 Å². The van der Waals surface area contributed by atoms with Crippen molar-refractivity contribution >= 4 is 17.7 Å². The predicted octanol–water partition coefficient (Wildman–Crippen LogP) is 3.80. The Morgan fingerprint density at radius 2 is 2.05 bits per heavy atom. The van der Waals surface area contributed by atoms with Gasteiger partial charge in [-0.15, -0.1) is 11.8 Å². The van der Waals surface area contributed by atoms with Gasteiger partial charge in [0.05, 0.1) is 7.11 Å². The molecule has 1 unspecified atom stereocenters. The molecule has 0 aliphatic rings. The highest BCUT2D eigenvalue weighted by atomic mass is 32.2. The first kappa shape index (κ1) is 18.1. The van der Waals surface area contributed by atoms with Gasteiger partial charge in [0.1, 0.15) is 5.54 Å². The Morgan fingerprint density at radius 1 is 1.38 bits per heavy atom. The van der Waals surface area contributed by atoms with Gasteiger partial charge in [0.2, 0.25) is 0 Å². The number of ether oxygens (including phenoxy) is 1. The molecule has 1 atom stereocenters. The summed E-state index contributed by atoms with van der Waals surface area (Å²) < 4.78 is 4.94. The Hall–Kier alpha value is -1.00. The summed E-state index contributed by atoms with van der Waals surface area (Å²) in [6.07, 6.45) is 1.74. The SMILES string of the molecule is COC(=O)C(C)(CCCSc1ccccc1C)NC(C)C. The van der Waals surface area contributed by atoms with Gasteiger partial charge in [-0.3, -0.25) is 10.1 Å². The zero-order chi connectivity index (χ0) is 15.9. The second-order valence-corrected chi connectivity index (χ2v) is 6.98. The van der Waals surface area contributed by atoms with Crippen molar-refractivity contribution in [3.63, 3.8) is 0 Å². The van der Waals surface area contributed by atoms with Crippen LogP contribution in [-0.4, -0.2) is 30.4 Å². The van der Waals surface area contributed by atoms with Crippen LogP contribution in [0.5, 0.6) is 0 Å². The Balaban J connectivity index is 2.51. The summed E-state index contributed by atoms with van der Waals surface area (Å²) >= 11 is 1.85. The normalized spacial score (nSPS) is 14.0. The van der Waals surface area contributed by atoms with Crippen LogP contribution in [0.15, 0.2) is 29.2 Å². The number of methoxy groups -OCH3 is 1. The van der Waals surface area contributed by atoms with E-state index >= 15 is 0 Å². The molecule has 118 valence electrons.